The van der Waals surface area contributed by atoms with Gasteiger partial charge in [0.05, 0.1) is 23.6 Å². The molecule has 1 saturated heterocycles. The van der Waals surface area contributed by atoms with E-state index in [4.69, 9.17) is 0 Å². The van der Waals surface area contributed by atoms with E-state index < -0.39 is 0 Å². The highest BCUT2D eigenvalue weighted by Gasteiger charge is 2.54. The molecule has 1 fully saturated rings. The second-order valence-electron chi connectivity index (χ2n) is 6.09. The Labute approximate surface area is 114 Å². The first-order valence-corrected chi connectivity index (χ1v) is 6.96. The van der Waals surface area contributed by atoms with Crippen molar-refractivity contribution in [1.82, 2.24) is 9.88 Å². The maximum absolute atomic E-state index is 12.0. The average molecular weight is 259 g/mol. The van der Waals surface area contributed by atoms with E-state index in [1.807, 2.05) is 19.3 Å². The number of pyridine rings is 1. The van der Waals surface area contributed by atoms with Crippen molar-refractivity contribution in [3.8, 4) is 0 Å². The predicted molar refractivity (Wildman–Crippen MR) is 74.9 cm³/mol. The van der Waals surface area contributed by atoms with E-state index >= 15 is 0 Å². The summed E-state index contributed by atoms with van der Waals surface area (Å²) < 4.78 is 0. The zero-order valence-corrected chi connectivity index (χ0v) is 11.9. The molecule has 19 heavy (non-hydrogen) atoms. The highest BCUT2D eigenvalue weighted by atomic mass is 16.1. The van der Waals surface area contributed by atoms with Crippen molar-refractivity contribution >= 4 is 11.5 Å². The summed E-state index contributed by atoms with van der Waals surface area (Å²) in [7, 11) is 2.05. The maximum atomic E-state index is 12.0. The molecule has 4 heteroatoms. The highest BCUT2D eigenvalue weighted by Crippen LogP contribution is 2.50. The zero-order chi connectivity index (χ0) is 13.7. The lowest BCUT2D eigenvalue weighted by Crippen LogP contribution is -2.42. The molecule has 4 nitrogen and oxygen atoms in total. The highest BCUT2D eigenvalue weighted by molar-refractivity contribution is 5.83. The Morgan fingerprint density at radius 3 is 2.84 bits per heavy atom. The molecule has 1 N–H and O–H groups in total. The van der Waals surface area contributed by atoms with Crippen LogP contribution in [0.3, 0.4) is 0 Å². The third-order valence-corrected chi connectivity index (χ3v) is 4.64. The first kappa shape index (κ1) is 12.6. The van der Waals surface area contributed by atoms with E-state index in [2.05, 4.69) is 35.1 Å². The van der Waals surface area contributed by atoms with Crippen LogP contribution in [-0.4, -0.2) is 34.9 Å². The van der Waals surface area contributed by atoms with Gasteiger partial charge >= 0.3 is 0 Å². The van der Waals surface area contributed by atoms with E-state index in [-0.39, 0.29) is 18.0 Å². The number of Topliss-reactive ketones (excluding diaryl/α,β-unsaturated/α-hetero) is 1. The number of aromatic nitrogens is 1. The van der Waals surface area contributed by atoms with Crippen molar-refractivity contribution in [3.63, 3.8) is 0 Å². The Balaban J connectivity index is 2.07. The molecule has 4 unspecified atom stereocenters. The molecule has 0 aromatic carbocycles. The number of likely N-dealkylation sites (N-methyl/N-ethyl adjacent to an activating group) is 1. The molecule has 4 atom stereocenters. The van der Waals surface area contributed by atoms with Gasteiger partial charge in [-0.1, -0.05) is 13.8 Å². The molecule has 0 saturated carbocycles. The molecule has 3 heterocycles. The lowest BCUT2D eigenvalue weighted by Gasteiger charge is -2.28. The van der Waals surface area contributed by atoms with Gasteiger partial charge in [0.15, 0.2) is 0 Å². The topological polar surface area (TPSA) is 45.2 Å². The van der Waals surface area contributed by atoms with E-state index in [9.17, 15) is 4.79 Å². The van der Waals surface area contributed by atoms with Crippen LogP contribution < -0.4 is 5.32 Å². The van der Waals surface area contributed by atoms with Crippen LogP contribution in [-0.2, 0) is 4.79 Å². The number of carbonyl (C=O) groups excluding carboxylic acids is 1. The normalized spacial score (nSPS) is 33.1. The summed E-state index contributed by atoms with van der Waals surface area (Å²) in [5, 5.41) is 3.53. The second-order valence-corrected chi connectivity index (χ2v) is 6.09. The van der Waals surface area contributed by atoms with Gasteiger partial charge in [0.1, 0.15) is 5.78 Å². The van der Waals surface area contributed by atoms with Crippen molar-refractivity contribution in [1.29, 1.82) is 0 Å². The fourth-order valence-corrected chi connectivity index (χ4v) is 3.93. The van der Waals surface area contributed by atoms with Gasteiger partial charge in [-0.15, -0.1) is 0 Å². The van der Waals surface area contributed by atoms with E-state index in [1.54, 1.807) is 6.92 Å². The van der Waals surface area contributed by atoms with E-state index in [0.29, 0.717) is 17.8 Å². The van der Waals surface area contributed by atoms with Gasteiger partial charge in [-0.25, -0.2) is 0 Å². The number of hydrogen-bond acceptors (Lipinski definition) is 4. The molecular weight excluding hydrogens is 238 g/mol. The van der Waals surface area contributed by atoms with E-state index in [1.165, 1.54) is 0 Å². The standard InChI is InChI=1S/C15H21N3O/c1-8(2)11-12-13-10(6-5-7-16-13)17-15(12)18(4)14(11)9(3)19/h5-8,11-12,14-15,17H,1-4H3. The van der Waals surface area contributed by atoms with Crippen LogP contribution in [0.5, 0.6) is 0 Å². The molecule has 3 rings (SSSR count). The van der Waals surface area contributed by atoms with Crippen LogP contribution in [0, 0.1) is 11.8 Å². The summed E-state index contributed by atoms with van der Waals surface area (Å²) in [6.07, 6.45) is 2.05. The quantitative estimate of drug-likeness (QED) is 0.883. The molecular formula is C15H21N3O. The van der Waals surface area contributed by atoms with Gasteiger partial charge in [0.2, 0.25) is 0 Å². The molecule has 102 valence electrons. The van der Waals surface area contributed by atoms with Crippen LogP contribution in [0.2, 0.25) is 0 Å². The van der Waals surface area contributed by atoms with Crippen LogP contribution in [0.4, 0.5) is 5.69 Å². The summed E-state index contributed by atoms with van der Waals surface area (Å²) in [5.41, 5.74) is 2.25. The Kier molecular flexibility index (Phi) is 2.86. The van der Waals surface area contributed by atoms with Crippen LogP contribution in [0.15, 0.2) is 18.3 Å². The molecule has 0 spiro atoms. The zero-order valence-electron chi connectivity index (χ0n) is 11.9. The van der Waals surface area contributed by atoms with Crippen molar-refractivity contribution in [2.45, 2.75) is 38.9 Å². The van der Waals surface area contributed by atoms with Crippen molar-refractivity contribution < 1.29 is 4.79 Å². The summed E-state index contributed by atoms with van der Waals surface area (Å²) in [5.74, 6) is 1.36. The summed E-state index contributed by atoms with van der Waals surface area (Å²) in [6.45, 7) is 6.12. The molecule has 2 aliphatic rings. The van der Waals surface area contributed by atoms with Gasteiger partial charge in [0, 0.05) is 12.1 Å². The number of fused-ring (bicyclic) bond motifs is 3. The number of nitrogens with zero attached hydrogens (tertiary/aromatic N) is 2. The second kappa shape index (κ2) is 4.30. The number of carbonyl (C=O) groups is 1. The molecule has 2 aliphatic heterocycles. The Morgan fingerprint density at radius 1 is 1.47 bits per heavy atom. The van der Waals surface area contributed by atoms with E-state index in [0.717, 1.165) is 11.4 Å². The summed E-state index contributed by atoms with van der Waals surface area (Å²) in [4.78, 5) is 18.8. The minimum absolute atomic E-state index is 0.00217. The molecule has 1 aromatic heterocycles. The Hall–Kier alpha value is -1.42. The van der Waals surface area contributed by atoms with Crippen LogP contribution >= 0.6 is 0 Å². The smallest absolute Gasteiger partial charge is 0.147 e. The first-order valence-electron chi connectivity index (χ1n) is 6.96. The summed E-state index contributed by atoms with van der Waals surface area (Å²) >= 11 is 0. The number of anilines is 1. The largest absolute Gasteiger partial charge is 0.367 e. The van der Waals surface area contributed by atoms with Gasteiger partial charge in [0.25, 0.3) is 0 Å². The predicted octanol–water partition coefficient (Wildman–Crippen LogP) is 2.09. The average Bonchev–Trinajstić information content (AvgIpc) is 2.85. The Morgan fingerprint density at radius 2 is 2.21 bits per heavy atom. The number of likely N-dealkylation sites (tertiary alicyclic amines) is 1. The fourth-order valence-electron chi connectivity index (χ4n) is 3.93. The van der Waals surface area contributed by atoms with Gasteiger partial charge in [-0.3, -0.25) is 14.7 Å². The Bertz CT molecular complexity index is 514. The minimum Gasteiger partial charge on any atom is -0.367 e. The van der Waals surface area contributed by atoms with Gasteiger partial charge < -0.3 is 5.32 Å². The van der Waals surface area contributed by atoms with Crippen LogP contribution in [0.25, 0.3) is 0 Å². The van der Waals surface area contributed by atoms with Crippen molar-refractivity contribution in [2.24, 2.45) is 11.8 Å². The molecule has 0 bridgehead atoms. The monoisotopic (exact) mass is 259 g/mol. The summed E-state index contributed by atoms with van der Waals surface area (Å²) in [6, 6.07) is 4.03. The maximum Gasteiger partial charge on any atom is 0.147 e. The molecule has 0 radical (unpaired) electrons. The third kappa shape index (κ3) is 1.70. The molecule has 1 aromatic rings. The third-order valence-electron chi connectivity index (χ3n) is 4.64. The molecule has 0 aliphatic carbocycles. The van der Waals surface area contributed by atoms with Gasteiger partial charge in [-0.2, -0.15) is 0 Å². The fraction of sp³-hybridized carbons (Fsp3) is 0.600. The number of nitrogens with one attached hydrogen (secondary N) is 1. The first-order chi connectivity index (χ1) is 9.02. The van der Waals surface area contributed by atoms with Gasteiger partial charge in [-0.05, 0) is 37.9 Å². The number of hydrogen-bond donors (Lipinski definition) is 1. The van der Waals surface area contributed by atoms with Crippen LogP contribution in [0.1, 0.15) is 32.4 Å². The SMILES string of the molecule is CC(=O)C1C(C(C)C)C2c3ncccc3NC2N1C. The number of ketones is 1. The number of rotatable bonds is 2. The minimum atomic E-state index is -0.00217. The van der Waals surface area contributed by atoms with Crippen molar-refractivity contribution in [3.05, 3.63) is 24.0 Å². The van der Waals surface area contributed by atoms with Crippen molar-refractivity contribution in [2.75, 3.05) is 12.4 Å². The lowest BCUT2D eigenvalue weighted by atomic mass is 9.78. The lowest BCUT2D eigenvalue weighted by molar-refractivity contribution is -0.122. The molecule has 0 amide bonds.